The van der Waals surface area contributed by atoms with E-state index in [0.717, 1.165) is 18.7 Å². The van der Waals surface area contributed by atoms with Crippen molar-refractivity contribution >= 4 is 17.8 Å². The third-order valence-corrected chi connectivity index (χ3v) is 5.48. The summed E-state index contributed by atoms with van der Waals surface area (Å²) in [6.45, 7) is 6.30. The van der Waals surface area contributed by atoms with Crippen LogP contribution < -0.4 is 0 Å². The molecule has 2 fully saturated rings. The Labute approximate surface area is 197 Å². The van der Waals surface area contributed by atoms with E-state index in [-0.39, 0.29) is 5.92 Å². The number of likely N-dealkylation sites (tertiary alicyclic amines) is 1. The number of rotatable bonds is 5. The Balaban J connectivity index is 0.000000362. The van der Waals surface area contributed by atoms with Gasteiger partial charge in [-0.05, 0) is 49.9 Å². The Morgan fingerprint density at radius 1 is 1.11 bits per heavy atom. The van der Waals surface area contributed by atoms with Crippen LogP contribution in [0.5, 0.6) is 0 Å². The van der Waals surface area contributed by atoms with Gasteiger partial charge in [0.15, 0.2) is 0 Å². The smallest absolute Gasteiger partial charge is 0.475 e. The Bertz CT molecular complexity index is 841. The third kappa shape index (κ3) is 9.70. The molecule has 0 radical (unpaired) electrons. The molecule has 1 spiro atoms. The Kier molecular flexibility index (Phi) is 10.5. The lowest BCUT2D eigenvalue weighted by atomic mass is 10.0. The van der Waals surface area contributed by atoms with Crippen LogP contribution in [0.15, 0.2) is 24.4 Å². The first kappa shape index (κ1) is 30.1. The van der Waals surface area contributed by atoms with Crippen molar-refractivity contribution in [2.45, 2.75) is 45.1 Å². The highest BCUT2D eigenvalue weighted by Crippen LogP contribution is 2.59. The summed E-state index contributed by atoms with van der Waals surface area (Å²) in [6.07, 6.45) is -4.90. The van der Waals surface area contributed by atoms with Crippen LogP contribution in [-0.2, 0) is 20.9 Å². The quantitative estimate of drug-likeness (QED) is 0.578. The molecule has 1 saturated carbocycles. The van der Waals surface area contributed by atoms with Crippen LogP contribution in [0.1, 0.15) is 31.9 Å². The zero-order chi connectivity index (χ0) is 27.0. The maximum absolute atomic E-state index is 12.6. The molecule has 1 aromatic rings. The average molecular weight is 515 g/mol. The van der Waals surface area contributed by atoms with Crippen LogP contribution in [0.3, 0.4) is 0 Å². The fourth-order valence-corrected chi connectivity index (χ4v) is 3.72. The molecule has 1 saturated heterocycles. The highest BCUT2D eigenvalue weighted by atomic mass is 19.4. The van der Waals surface area contributed by atoms with Crippen molar-refractivity contribution in [3.05, 3.63) is 30.1 Å². The van der Waals surface area contributed by atoms with Gasteiger partial charge in [-0.1, -0.05) is 13.0 Å². The number of aliphatic carboxylic acids is 2. The van der Waals surface area contributed by atoms with E-state index in [1.54, 1.807) is 6.20 Å². The van der Waals surface area contributed by atoms with Crippen LogP contribution in [-0.4, -0.2) is 81.9 Å². The van der Waals surface area contributed by atoms with Gasteiger partial charge in [0.05, 0.1) is 12.2 Å². The van der Waals surface area contributed by atoms with Crippen molar-refractivity contribution in [1.29, 1.82) is 0 Å². The molecule has 1 aromatic heterocycles. The number of halogens is 6. The number of carbonyl (C=O) groups excluding carboxylic acids is 1. The number of pyridine rings is 1. The van der Waals surface area contributed by atoms with Gasteiger partial charge in [-0.2, -0.15) is 26.3 Å². The largest absolute Gasteiger partial charge is 0.490 e. The normalized spacial score (nSPS) is 21.3. The van der Waals surface area contributed by atoms with Gasteiger partial charge in [-0.25, -0.2) is 9.59 Å². The van der Waals surface area contributed by atoms with E-state index in [1.807, 2.05) is 30.1 Å². The molecule has 198 valence electrons. The topological polar surface area (TPSA) is 111 Å². The predicted molar refractivity (Wildman–Crippen MR) is 110 cm³/mol. The van der Waals surface area contributed by atoms with Gasteiger partial charge in [-0.3, -0.25) is 9.78 Å². The lowest BCUT2D eigenvalue weighted by Gasteiger charge is -2.19. The van der Waals surface area contributed by atoms with Gasteiger partial charge in [0, 0.05) is 25.7 Å². The van der Waals surface area contributed by atoms with Crippen molar-refractivity contribution in [1.82, 2.24) is 14.8 Å². The number of nitrogens with zero attached hydrogens (tertiary/aromatic N) is 3. The average Bonchev–Trinajstić information content (AvgIpc) is 3.30. The SMILES string of the molecule is CCCN1CCC2(CC2C(=O)N(C)Cc2ccccn2)C1.O=C(O)C(F)(F)F.O=C(O)C(F)(F)F. The molecule has 1 aliphatic heterocycles. The zero-order valence-corrected chi connectivity index (χ0v) is 19.1. The minimum atomic E-state index is -5.08. The van der Waals surface area contributed by atoms with Crippen LogP contribution in [0.25, 0.3) is 0 Å². The van der Waals surface area contributed by atoms with Crippen LogP contribution >= 0.6 is 0 Å². The molecule has 14 heteroatoms. The monoisotopic (exact) mass is 515 g/mol. The summed E-state index contributed by atoms with van der Waals surface area (Å²) in [5.41, 5.74) is 1.26. The Hall–Kier alpha value is -2.90. The van der Waals surface area contributed by atoms with Crippen molar-refractivity contribution in [2.75, 3.05) is 26.7 Å². The summed E-state index contributed by atoms with van der Waals surface area (Å²) in [5, 5.41) is 14.2. The molecule has 0 bridgehead atoms. The van der Waals surface area contributed by atoms with Crippen LogP contribution in [0.4, 0.5) is 26.3 Å². The van der Waals surface area contributed by atoms with Gasteiger partial charge in [0.2, 0.25) is 5.91 Å². The van der Waals surface area contributed by atoms with E-state index in [1.165, 1.54) is 25.9 Å². The zero-order valence-electron chi connectivity index (χ0n) is 19.1. The predicted octanol–water partition coefficient (Wildman–Crippen LogP) is 3.43. The van der Waals surface area contributed by atoms with E-state index in [4.69, 9.17) is 19.8 Å². The molecule has 8 nitrogen and oxygen atoms in total. The maximum atomic E-state index is 12.6. The summed E-state index contributed by atoms with van der Waals surface area (Å²) >= 11 is 0. The van der Waals surface area contributed by atoms with Crippen molar-refractivity contribution in [3.8, 4) is 0 Å². The fraction of sp³-hybridized carbons (Fsp3) is 0.619. The van der Waals surface area contributed by atoms with Crippen molar-refractivity contribution in [2.24, 2.45) is 11.3 Å². The van der Waals surface area contributed by atoms with Gasteiger partial charge in [0.1, 0.15) is 0 Å². The van der Waals surface area contributed by atoms with Gasteiger partial charge >= 0.3 is 24.3 Å². The van der Waals surface area contributed by atoms with E-state index >= 15 is 0 Å². The first-order valence-electron chi connectivity index (χ1n) is 10.5. The van der Waals surface area contributed by atoms with Crippen LogP contribution in [0.2, 0.25) is 0 Å². The first-order chi connectivity index (χ1) is 16.0. The maximum Gasteiger partial charge on any atom is 0.490 e. The molecular formula is C21H27F6N3O5. The fourth-order valence-electron chi connectivity index (χ4n) is 3.72. The minimum Gasteiger partial charge on any atom is -0.475 e. The second-order valence-electron chi connectivity index (χ2n) is 8.27. The first-order valence-corrected chi connectivity index (χ1v) is 10.5. The van der Waals surface area contributed by atoms with Crippen molar-refractivity contribution in [3.63, 3.8) is 0 Å². The number of carboxylic acids is 2. The number of hydrogen-bond donors (Lipinski definition) is 2. The number of carbonyl (C=O) groups is 3. The standard InChI is InChI=1S/C17H25N3O.2C2HF3O2/c1-3-9-20-10-7-17(13-20)11-15(17)16(21)19(2)12-14-6-4-5-8-18-14;2*3-2(4,5)1(6)7/h4-6,8,15H,3,7,9-13H2,1-2H3;2*(H,6,7). The summed E-state index contributed by atoms with van der Waals surface area (Å²) < 4.78 is 63.5. The summed E-state index contributed by atoms with van der Waals surface area (Å²) in [5.74, 6) is -4.97. The summed E-state index contributed by atoms with van der Waals surface area (Å²) in [4.78, 5) is 39.1. The van der Waals surface area contributed by atoms with E-state index < -0.39 is 24.3 Å². The Morgan fingerprint density at radius 2 is 1.66 bits per heavy atom. The van der Waals surface area contributed by atoms with E-state index in [0.29, 0.717) is 17.9 Å². The number of amides is 1. The molecule has 35 heavy (non-hydrogen) atoms. The lowest BCUT2D eigenvalue weighted by Crippen LogP contribution is -2.31. The molecule has 2 unspecified atom stereocenters. The van der Waals surface area contributed by atoms with Crippen molar-refractivity contribution < 1.29 is 50.9 Å². The number of aromatic nitrogens is 1. The highest BCUT2D eigenvalue weighted by Gasteiger charge is 2.61. The molecule has 1 aliphatic carbocycles. The highest BCUT2D eigenvalue weighted by molar-refractivity contribution is 5.82. The summed E-state index contributed by atoms with van der Waals surface area (Å²) in [6, 6.07) is 5.85. The van der Waals surface area contributed by atoms with E-state index in [9.17, 15) is 31.1 Å². The molecule has 0 aromatic carbocycles. The van der Waals surface area contributed by atoms with E-state index in [2.05, 4.69) is 16.8 Å². The summed E-state index contributed by atoms with van der Waals surface area (Å²) in [7, 11) is 1.90. The van der Waals surface area contributed by atoms with Gasteiger partial charge in [0.25, 0.3) is 0 Å². The van der Waals surface area contributed by atoms with Gasteiger partial charge in [-0.15, -0.1) is 0 Å². The molecule has 2 N–H and O–H groups in total. The number of hydrogen-bond acceptors (Lipinski definition) is 5. The van der Waals surface area contributed by atoms with Crippen LogP contribution in [0, 0.1) is 11.3 Å². The lowest BCUT2D eigenvalue weighted by molar-refractivity contribution is -0.193. The third-order valence-electron chi connectivity index (χ3n) is 5.48. The molecular weight excluding hydrogens is 488 g/mol. The molecule has 2 atom stereocenters. The molecule has 2 aliphatic rings. The molecule has 1 amide bonds. The molecule has 2 heterocycles. The second-order valence-corrected chi connectivity index (χ2v) is 8.27. The Morgan fingerprint density at radius 3 is 2.09 bits per heavy atom. The van der Waals surface area contributed by atoms with Gasteiger partial charge < -0.3 is 20.0 Å². The number of carboxylic acid groups (broad SMARTS) is 2. The minimum absolute atomic E-state index is 0.244. The number of alkyl halides is 6. The molecule has 3 rings (SSSR count). The second kappa shape index (κ2) is 12.2.